The van der Waals surface area contributed by atoms with Crippen LogP contribution in [0.3, 0.4) is 0 Å². The van der Waals surface area contributed by atoms with E-state index in [0.717, 1.165) is 21.5 Å². The Morgan fingerprint density at radius 3 is 1.71 bits per heavy atom. The molecule has 0 aliphatic carbocycles. The first-order chi connectivity index (χ1) is 13.8. The van der Waals surface area contributed by atoms with Gasteiger partial charge in [0.15, 0.2) is 0 Å². The second-order valence-electron chi connectivity index (χ2n) is 6.46. The van der Waals surface area contributed by atoms with E-state index in [4.69, 9.17) is 0 Å². The third-order valence-electron chi connectivity index (χ3n) is 4.83. The van der Waals surface area contributed by atoms with E-state index in [-0.39, 0.29) is 0 Å². The predicted molar refractivity (Wildman–Crippen MR) is 126 cm³/mol. The first kappa shape index (κ1) is 18.3. The maximum atomic E-state index is 4.06. The number of hydrogen-bond acceptors (Lipinski definition) is 1. The average molecular weight is 426 g/mol. The summed E-state index contributed by atoms with van der Waals surface area (Å²) in [6.07, 6.45) is 5.67. The lowest BCUT2D eigenvalue weighted by Gasteiger charge is -2.29. The van der Waals surface area contributed by atoms with E-state index < -0.39 is 0 Å². The molecule has 0 aliphatic heterocycles. The van der Waals surface area contributed by atoms with Gasteiger partial charge in [-0.15, -0.1) is 0 Å². The zero-order chi connectivity index (χ0) is 19.5. The van der Waals surface area contributed by atoms with Gasteiger partial charge in [0, 0.05) is 26.6 Å². The first-order valence-electron chi connectivity index (χ1n) is 9.15. The lowest BCUT2D eigenvalue weighted by atomic mass is 9.99. The summed E-state index contributed by atoms with van der Waals surface area (Å²) in [4.78, 5) is 2.26. The smallest absolute Gasteiger partial charge is 0.0619 e. The fraction of sp³-hybridized carbons (Fsp3) is 0. The highest BCUT2D eigenvalue weighted by molar-refractivity contribution is 9.10. The number of benzene rings is 4. The number of hydrogen-bond donors (Lipinski definition) is 0. The van der Waals surface area contributed by atoms with Crippen molar-refractivity contribution in [3.8, 4) is 0 Å². The van der Waals surface area contributed by atoms with Crippen molar-refractivity contribution in [2.45, 2.75) is 0 Å². The first-order valence-corrected chi connectivity index (χ1v) is 9.95. The molecule has 28 heavy (non-hydrogen) atoms. The van der Waals surface area contributed by atoms with Gasteiger partial charge in [0.25, 0.3) is 0 Å². The van der Waals surface area contributed by atoms with Gasteiger partial charge in [0.2, 0.25) is 0 Å². The van der Waals surface area contributed by atoms with Crippen molar-refractivity contribution < 1.29 is 0 Å². The molecule has 2 heteroatoms. The molecule has 0 spiro atoms. The number of nitrogens with zero attached hydrogens (tertiary/aromatic N) is 1. The minimum atomic E-state index is 0.971. The maximum absolute atomic E-state index is 4.06. The minimum Gasteiger partial charge on any atom is -0.309 e. The quantitative estimate of drug-likeness (QED) is 0.230. The van der Waals surface area contributed by atoms with Crippen LogP contribution < -0.4 is 4.90 Å². The summed E-state index contributed by atoms with van der Waals surface area (Å²) in [6, 6.07) is 27.4. The molecule has 0 saturated carbocycles. The van der Waals surface area contributed by atoms with E-state index in [2.05, 4.69) is 107 Å². The monoisotopic (exact) mass is 425 g/mol. The lowest BCUT2D eigenvalue weighted by molar-refractivity contribution is 1.23. The molecule has 0 atom stereocenters. The predicted octanol–water partition coefficient (Wildman–Crippen LogP) is 8.15. The fourth-order valence-corrected chi connectivity index (χ4v) is 4.32. The van der Waals surface area contributed by atoms with Gasteiger partial charge in [-0.2, -0.15) is 0 Å². The van der Waals surface area contributed by atoms with Gasteiger partial charge in [0.05, 0.1) is 5.69 Å². The van der Waals surface area contributed by atoms with Crippen molar-refractivity contribution in [2.75, 3.05) is 4.90 Å². The van der Waals surface area contributed by atoms with Gasteiger partial charge in [-0.1, -0.05) is 86.0 Å². The molecular weight excluding hydrogens is 406 g/mol. The standard InChI is InChI=1S/C26H20BrN/c1-3-12-19(4-2)28(20-13-6-5-7-14-20)26-23-17-10-8-15-21(23)25(27)22-16-9-11-18-24(22)26/h3-18H,1-2H2/b19-12+. The summed E-state index contributed by atoms with van der Waals surface area (Å²) in [5.41, 5.74) is 3.18. The second kappa shape index (κ2) is 7.87. The number of rotatable bonds is 5. The number of fused-ring (bicyclic) bond motifs is 2. The van der Waals surface area contributed by atoms with Crippen LogP contribution in [-0.4, -0.2) is 0 Å². The van der Waals surface area contributed by atoms with Crippen LogP contribution in [0.2, 0.25) is 0 Å². The molecule has 1 nitrogen and oxygen atoms in total. The molecule has 4 aromatic carbocycles. The van der Waals surface area contributed by atoms with Gasteiger partial charge in [-0.05, 0) is 51.0 Å². The van der Waals surface area contributed by atoms with Crippen molar-refractivity contribution in [3.05, 3.63) is 120 Å². The van der Waals surface area contributed by atoms with Crippen LogP contribution in [0.25, 0.3) is 21.5 Å². The minimum absolute atomic E-state index is 0.971. The molecular formula is C26H20BrN. The molecule has 4 aromatic rings. The van der Waals surface area contributed by atoms with Crippen LogP contribution in [-0.2, 0) is 0 Å². The zero-order valence-corrected chi connectivity index (χ0v) is 17.1. The van der Waals surface area contributed by atoms with Gasteiger partial charge >= 0.3 is 0 Å². The molecule has 0 aliphatic rings. The maximum Gasteiger partial charge on any atom is 0.0619 e. The number of anilines is 2. The number of allylic oxidation sites excluding steroid dienone is 3. The third-order valence-corrected chi connectivity index (χ3v) is 5.69. The molecule has 0 N–H and O–H groups in total. The van der Waals surface area contributed by atoms with Crippen LogP contribution in [0.15, 0.2) is 120 Å². The Kier molecular flexibility index (Phi) is 5.14. The molecule has 136 valence electrons. The summed E-state index contributed by atoms with van der Waals surface area (Å²) in [5.74, 6) is 0. The van der Waals surface area contributed by atoms with Gasteiger partial charge < -0.3 is 4.90 Å². The van der Waals surface area contributed by atoms with Gasteiger partial charge in [-0.25, -0.2) is 0 Å². The number of para-hydroxylation sites is 1. The van der Waals surface area contributed by atoms with E-state index in [0.29, 0.717) is 0 Å². The van der Waals surface area contributed by atoms with Crippen LogP contribution in [0.5, 0.6) is 0 Å². The summed E-state index contributed by atoms with van der Waals surface area (Å²) in [5, 5.41) is 4.71. The zero-order valence-electron chi connectivity index (χ0n) is 15.5. The average Bonchev–Trinajstić information content (AvgIpc) is 2.76. The Morgan fingerprint density at radius 1 is 0.714 bits per heavy atom. The lowest BCUT2D eigenvalue weighted by Crippen LogP contribution is -2.16. The van der Waals surface area contributed by atoms with Crippen molar-refractivity contribution in [1.29, 1.82) is 0 Å². The molecule has 0 saturated heterocycles. The van der Waals surface area contributed by atoms with Gasteiger partial charge in [-0.3, -0.25) is 0 Å². The topological polar surface area (TPSA) is 3.24 Å². The highest BCUT2D eigenvalue weighted by Gasteiger charge is 2.20. The van der Waals surface area contributed by atoms with Gasteiger partial charge in [0.1, 0.15) is 0 Å². The molecule has 0 heterocycles. The summed E-state index contributed by atoms with van der Waals surface area (Å²) < 4.78 is 1.11. The highest BCUT2D eigenvalue weighted by Crippen LogP contribution is 2.45. The molecule has 0 amide bonds. The summed E-state index contributed by atoms with van der Waals surface area (Å²) in [6.45, 7) is 7.96. The Labute approximate surface area is 174 Å². The normalized spacial score (nSPS) is 11.5. The van der Waals surface area contributed by atoms with Crippen LogP contribution >= 0.6 is 15.9 Å². The van der Waals surface area contributed by atoms with Crippen molar-refractivity contribution >= 4 is 48.8 Å². The largest absolute Gasteiger partial charge is 0.309 e. The molecule has 0 radical (unpaired) electrons. The van der Waals surface area contributed by atoms with Crippen molar-refractivity contribution in [3.63, 3.8) is 0 Å². The molecule has 0 bridgehead atoms. The Morgan fingerprint density at radius 2 is 1.21 bits per heavy atom. The Balaban J connectivity index is 2.20. The van der Waals surface area contributed by atoms with Crippen LogP contribution in [0, 0.1) is 0 Å². The summed E-state index contributed by atoms with van der Waals surface area (Å²) >= 11 is 3.84. The van der Waals surface area contributed by atoms with E-state index >= 15 is 0 Å². The van der Waals surface area contributed by atoms with E-state index in [1.165, 1.54) is 21.5 Å². The van der Waals surface area contributed by atoms with Crippen LogP contribution in [0.1, 0.15) is 0 Å². The van der Waals surface area contributed by atoms with E-state index in [1.54, 1.807) is 6.08 Å². The van der Waals surface area contributed by atoms with Crippen molar-refractivity contribution in [1.82, 2.24) is 0 Å². The highest BCUT2D eigenvalue weighted by atomic mass is 79.9. The van der Waals surface area contributed by atoms with E-state index in [9.17, 15) is 0 Å². The molecule has 0 aromatic heterocycles. The fourth-order valence-electron chi connectivity index (χ4n) is 3.63. The molecule has 0 fully saturated rings. The number of halogens is 1. The Hall–Kier alpha value is -3.10. The van der Waals surface area contributed by atoms with Crippen LogP contribution in [0.4, 0.5) is 11.4 Å². The third kappa shape index (κ3) is 3.06. The summed E-state index contributed by atoms with van der Waals surface area (Å²) in [7, 11) is 0. The Bertz CT molecular complexity index is 1150. The van der Waals surface area contributed by atoms with E-state index in [1.807, 2.05) is 18.2 Å². The molecule has 0 unspecified atom stereocenters. The second-order valence-corrected chi connectivity index (χ2v) is 7.25. The SMILES string of the molecule is C=C/C=C(\C=C)N(c1ccccc1)c1c2ccccc2c(Br)c2ccccc12. The van der Waals surface area contributed by atoms with Crippen molar-refractivity contribution in [2.24, 2.45) is 0 Å². The molecule has 4 rings (SSSR count).